The number of nitrogens with one attached hydrogen (secondary N) is 2. The number of rotatable bonds is 1. The highest BCUT2D eigenvalue weighted by molar-refractivity contribution is 5.92. The zero-order valence-electron chi connectivity index (χ0n) is 11.1. The largest absolute Gasteiger partial charge is 0.361 e. The van der Waals surface area contributed by atoms with Gasteiger partial charge < -0.3 is 15.2 Å². The Hall–Kier alpha value is -1.97. The normalized spacial score (nSPS) is 19.6. The van der Waals surface area contributed by atoms with E-state index in [-0.39, 0.29) is 6.03 Å². The summed E-state index contributed by atoms with van der Waals surface area (Å²) in [7, 11) is 0. The van der Waals surface area contributed by atoms with Gasteiger partial charge in [0, 0.05) is 35.9 Å². The summed E-state index contributed by atoms with van der Waals surface area (Å²) in [4.78, 5) is 17.3. The van der Waals surface area contributed by atoms with Crippen LogP contribution in [-0.4, -0.2) is 29.0 Å². The molecule has 1 atom stereocenters. The summed E-state index contributed by atoms with van der Waals surface area (Å²) < 4.78 is 0. The summed E-state index contributed by atoms with van der Waals surface area (Å²) in [5, 5.41) is 4.10. The van der Waals surface area contributed by atoms with Crippen LogP contribution in [0.2, 0.25) is 0 Å². The summed E-state index contributed by atoms with van der Waals surface area (Å²) >= 11 is 0. The molecule has 1 aliphatic heterocycles. The van der Waals surface area contributed by atoms with Crippen LogP contribution < -0.4 is 5.32 Å². The smallest absolute Gasteiger partial charge is 0.321 e. The molecular formula is C15H19N3O. The molecule has 0 saturated carbocycles. The number of urea groups is 1. The summed E-state index contributed by atoms with van der Waals surface area (Å²) in [5.41, 5.74) is 1.94. The number of H-pyrrole nitrogens is 1. The van der Waals surface area contributed by atoms with E-state index >= 15 is 0 Å². The van der Waals surface area contributed by atoms with Gasteiger partial charge in [-0.1, -0.05) is 6.92 Å². The monoisotopic (exact) mass is 257 g/mol. The molecule has 0 bridgehead atoms. The van der Waals surface area contributed by atoms with Gasteiger partial charge in [-0.05, 0) is 43.0 Å². The highest BCUT2D eigenvalue weighted by atomic mass is 16.2. The van der Waals surface area contributed by atoms with Crippen LogP contribution in [0.25, 0.3) is 10.9 Å². The average molecular weight is 257 g/mol. The fourth-order valence-electron chi connectivity index (χ4n) is 2.71. The van der Waals surface area contributed by atoms with Crippen LogP contribution in [0.3, 0.4) is 0 Å². The molecule has 19 heavy (non-hydrogen) atoms. The van der Waals surface area contributed by atoms with E-state index in [0.717, 1.165) is 36.1 Å². The standard InChI is InChI=1S/C15H19N3O/c1-11-3-2-8-18(10-11)15(19)17-13-4-5-14-12(9-13)6-7-16-14/h4-7,9,11,16H,2-3,8,10H2,1H3,(H,17,19)/t11-/m1/s1. The van der Waals surface area contributed by atoms with Crippen LogP contribution in [0.1, 0.15) is 19.8 Å². The van der Waals surface area contributed by atoms with Crippen molar-refractivity contribution in [1.29, 1.82) is 0 Å². The highest BCUT2D eigenvalue weighted by Crippen LogP contribution is 2.20. The van der Waals surface area contributed by atoms with Crippen molar-refractivity contribution in [2.24, 2.45) is 5.92 Å². The molecule has 4 nitrogen and oxygen atoms in total. The Morgan fingerprint density at radius 3 is 3.16 bits per heavy atom. The lowest BCUT2D eigenvalue weighted by atomic mass is 10.0. The molecule has 1 saturated heterocycles. The van der Waals surface area contributed by atoms with Gasteiger partial charge in [-0.2, -0.15) is 0 Å². The van der Waals surface area contributed by atoms with Crippen LogP contribution in [0, 0.1) is 5.92 Å². The number of carbonyl (C=O) groups excluding carboxylic acids is 1. The third kappa shape index (κ3) is 2.57. The van der Waals surface area contributed by atoms with E-state index in [1.165, 1.54) is 6.42 Å². The Bertz CT molecular complexity index is 590. The predicted molar refractivity (Wildman–Crippen MR) is 77.3 cm³/mol. The third-order valence-corrected chi connectivity index (χ3v) is 3.75. The quantitative estimate of drug-likeness (QED) is 0.807. The fourth-order valence-corrected chi connectivity index (χ4v) is 2.71. The van der Waals surface area contributed by atoms with Crippen molar-refractivity contribution in [3.8, 4) is 0 Å². The van der Waals surface area contributed by atoms with Crippen molar-refractivity contribution in [3.63, 3.8) is 0 Å². The first-order valence-electron chi connectivity index (χ1n) is 6.85. The van der Waals surface area contributed by atoms with Gasteiger partial charge in [0.05, 0.1) is 0 Å². The number of aromatic nitrogens is 1. The summed E-state index contributed by atoms with van der Waals surface area (Å²) in [5.74, 6) is 0.603. The Balaban J connectivity index is 1.71. The number of anilines is 1. The van der Waals surface area contributed by atoms with E-state index in [9.17, 15) is 4.79 Å². The first kappa shape index (κ1) is 12.1. The van der Waals surface area contributed by atoms with Gasteiger partial charge in [-0.3, -0.25) is 0 Å². The van der Waals surface area contributed by atoms with Crippen LogP contribution >= 0.6 is 0 Å². The summed E-state index contributed by atoms with van der Waals surface area (Å²) in [6.07, 6.45) is 4.23. The first-order chi connectivity index (χ1) is 9.22. The minimum Gasteiger partial charge on any atom is -0.361 e. The van der Waals surface area contributed by atoms with Crippen LogP contribution in [0.5, 0.6) is 0 Å². The lowest BCUT2D eigenvalue weighted by Gasteiger charge is -2.30. The maximum absolute atomic E-state index is 12.2. The molecule has 1 aromatic carbocycles. The van der Waals surface area contributed by atoms with E-state index in [4.69, 9.17) is 0 Å². The molecule has 0 spiro atoms. The third-order valence-electron chi connectivity index (χ3n) is 3.75. The number of piperidine rings is 1. The molecule has 0 radical (unpaired) electrons. The van der Waals surface area contributed by atoms with E-state index in [2.05, 4.69) is 17.2 Å². The van der Waals surface area contributed by atoms with Gasteiger partial charge in [0.15, 0.2) is 0 Å². The number of amides is 2. The number of likely N-dealkylation sites (tertiary alicyclic amines) is 1. The van der Waals surface area contributed by atoms with Gasteiger partial charge in [0.2, 0.25) is 0 Å². The molecule has 1 aliphatic rings. The Labute approximate surface area is 112 Å². The van der Waals surface area contributed by atoms with Crippen molar-refractivity contribution in [2.45, 2.75) is 19.8 Å². The average Bonchev–Trinajstić information content (AvgIpc) is 2.86. The topological polar surface area (TPSA) is 48.1 Å². The van der Waals surface area contributed by atoms with E-state index < -0.39 is 0 Å². The maximum atomic E-state index is 12.2. The van der Waals surface area contributed by atoms with Gasteiger partial charge >= 0.3 is 6.03 Å². The molecule has 2 amide bonds. The minimum absolute atomic E-state index is 0.0152. The van der Waals surface area contributed by atoms with Crippen LogP contribution in [0.4, 0.5) is 10.5 Å². The molecule has 3 rings (SSSR count). The van der Waals surface area contributed by atoms with Crippen molar-refractivity contribution in [3.05, 3.63) is 30.5 Å². The number of benzene rings is 1. The molecule has 100 valence electrons. The number of nitrogens with zero attached hydrogens (tertiary/aromatic N) is 1. The molecule has 1 aromatic heterocycles. The lowest BCUT2D eigenvalue weighted by Crippen LogP contribution is -2.41. The fraction of sp³-hybridized carbons (Fsp3) is 0.400. The van der Waals surface area contributed by atoms with E-state index in [1.807, 2.05) is 35.4 Å². The molecular weight excluding hydrogens is 238 g/mol. The van der Waals surface area contributed by atoms with Crippen LogP contribution in [-0.2, 0) is 0 Å². The Morgan fingerprint density at radius 2 is 2.32 bits per heavy atom. The molecule has 0 aliphatic carbocycles. The van der Waals surface area contributed by atoms with Crippen molar-refractivity contribution in [1.82, 2.24) is 9.88 Å². The molecule has 1 fully saturated rings. The minimum atomic E-state index is 0.0152. The van der Waals surface area contributed by atoms with Gasteiger partial charge in [-0.25, -0.2) is 4.79 Å². The van der Waals surface area contributed by atoms with Crippen molar-refractivity contribution in [2.75, 3.05) is 18.4 Å². The van der Waals surface area contributed by atoms with Gasteiger partial charge in [0.25, 0.3) is 0 Å². The van der Waals surface area contributed by atoms with Crippen molar-refractivity contribution >= 4 is 22.6 Å². The number of carbonyl (C=O) groups is 1. The lowest BCUT2D eigenvalue weighted by molar-refractivity contribution is 0.182. The Morgan fingerprint density at radius 1 is 1.42 bits per heavy atom. The molecule has 0 unspecified atom stereocenters. The highest BCUT2D eigenvalue weighted by Gasteiger charge is 2.20. The van der Waals surface area contributed by atoms with Crippen molar-refractivity contribution < 1.29 is 4.79 Å². The number of aromatic amines is 1. The second-order valence-electron chi connectivity index (χ2n) is 5.40. The molecule has 2 aromatic rings. The number of hydrogen-bond donors (Lipinski definition) is 2. The Kier molecular flexibility index (Phi) is 3.15. The number of fused-ring (bicyclic) bond motifs is 1. The van der Waals surface area contributed by atoms with E-state index in [1.54, 1.807) is 0 Å². The second kappa shape index (κ2) is 4.96. The summed E-state index contributed by atoms with van der Waals surface area (Å²) in [6, 6.07) is 7.94. The van der Waals surface area contributed by atoms with Gasteiger partial charge in [-0.15, -0.1) is 0 Å². The van der Waals surface area contributed by atoms with Crippen LogP contribution in [0.15, 0.2) is 30.5 Å². The zero-order valence-corrected chi connectivity index (χ0v) is 11.1. The SMILES string of the molecule is C[C@@H]1CCCN(C(=O)Nc2ccc3[nH]ccc3c2)C1. The summed E-state index contributed by atoms with van der Waals surface area (Å²) in [6.45, 7) is 3.92. The zero-order chi connectivity index (χ0) is 13.2. The molecule has 2 heterocycles. The number of hydrogen-bond acceptors (Lipinski definition) is 1. The first-order valence-corrected chi connectivity index (χ1v) is 6.85. The second-order valence-corrected chi connectivity index (χ2v) is 5.40. The maximum Gasteiger partial charge on any atom is 0.321 e. The molecule has 4 heteroatoms. The predicted octanol–water partition coefficient (Wildman–Crippen LogP) is 3.43. The van der Waals surface area contributed by atoms with E-state index in [0.29, 0.717) is 5.92 Å². The molecule has 2 N–H and O–H groups in total. The van der Waals surface area contributed by atoms with Gasteiger partial charge in [0.1, 0.15) is 0 Å².